The minimum absolute atomic E-state index is 0.522. The van der Waals surface area contributed by atoms with Gasteiger partial charge < -0.3 is 15.3 Å². The Balaban J connectivity index is 2.91. The Morgan fingerprint density at radius 1 is 1.47 bits per heavy atom. The third kappa shape index (κ3) is 2.67. The lowest BCUT2D eigenvalue weighted by molar-refractivity contribution is -0.233. The first-order chi connectivity index (χ1) is 6.85. The van der Waals surface area contributed by atoms with Crippen LogP contribution in [0, 0.1) is 5.41 Å². The molecule has 7 heteroatoms. The number of aliphatic hydroxyl groups is 2. The lowest BCUT2D eigenvalue weighted by Crippen LogP contribution is -2.43. The molecule has 0 spiro atoms. The van der Waals surface area contributed by atoms with Crippen LogP contribution in [0.15, 0.2) is 4.40 Å². The summed E-state index contributed by atoms with van der Waals surface area (Å²) in [5.41, 5.74) is -1.51. The summed E-state index contributed by atoms with van der Waals surface area (Å²) in [5.74, 6) is -0.987. The highest BCUT2D eigenvalue weighted by Crippen LogP contribution is 2.30. The van der Waals surface area contributed by atoms with Gasteiger partial charge in [0.25, 0.3) is 10.0 Å². The van der Waals surface area contributed by atoms with Gasteiger partial charge in [0, 0.05) is 5.41 Å². The maximum atomic E-state index is 11.4. The molecule has 1 fully saturated rings. The highest BCUT2D eigenvalue weighted by molar-refractivity contribution is 7.91. The minimum atomic E-state index is -3.74. The van der Waals surface area contributed by atoms with E-state index in [1.807, 2.05) is 0 Å². The summed E-state index contributed by atoms with van der Waals surface area (Å²) in [7, 11) is -3.74. The molecule has 0 aromatic carbocycles. The van der Waals surface area contributed by atoms with Crippen molar-refractivity contribution in [1.29, 1.82) is 0 Å². The Hall–Kier alpha value is -0.660. The molecule has 0 amide bonds. The second-order valence-electron chi connectivity index (χ2n) is 3.99. The van der Waals surface area contributed by atoms with Gasteiger partial charge in [-0.3, -0.25) is 0 Å². The summed E-state index contributed by atoms with van der Waals surface area (Å²) in [6.07, 6.45) is 1.04. The standard InChI is InChI=1S/C8H15NO5S/c1-8(4-10,5-11)7(12)9-15(13,14)6-2-3-6/h6,10-11H,2-5H2,1H3,(H,9,12)/p-1. The molecule has 1 aliphatic carbocycles. The first-order valence-electron chi connectivity index (χ1n) is 4.59. The first kappa shape index (κ1) is 12.4. The fraction of sp³-hybridized carbons (Fsp3) is 0.875. The van der Waals surface area contributed by atoms with Crippen LogP contribution in [-0.2, 0) is 10.0 Å². The normalized spacial score (nSPS) is 19.3. The zero-order chi connectivity index (χ0) is 11.7. The Kier molecular flexibility index (Phi) is 3.37. The van der Waals surface area contributed by atoms with Crippen molar-refractivity contribution in [3.8, 4) is 0 Å². The lowest BCUT2D eigenvalue weighted by Gasteiger charge is -2.30. The number of nitrogens with zero attached hydrogens (tertiary/aromatic N) is 1. The first-order valence-corrected chi connectivity index (χ1v) is 6.09. The van der Waals surface area contributed by atoms with Crippen LogP contribution in [0.2, 0.25) is 0 Å². The molecule has 0 aliphatic heterocycles. The quantitative estimate of drug-likeness (QED) is 0.433. The second-order valence-corrected chi connectivity index (χ2v) is 5.87. The van der Waals surface area contributed by atoms with Crippen molar-refractivity contribution in [3.05, 3.63) is 0 Å². The number of hydrogen-bond donors (Lipinski definition) is 2. The van der Waals surface area contributed by atoms with E-state index < -0.39 is 39.8 Å². The van der Waals surface area contributed by atoms with Crippen LogP contribution < -0.4 is 5.11 Å². The Morgan fingerprint density at radius 3 is 2.27 bits per heavy atom. The molecule has 88 valence electrons. The Labute approximate surface area is 88.3 Å². The van der Waals surface area contributed by atoms with E-state index in [9.17, 15) is 13.5 Å². The minimum Gasteiger partial charge on any atom is -0.861 e. The van der Waals surface area contributed by atoms with Gasteiger partial charge in [-0.05, 0) is 18.7 Å². The average Bonchev–Trinajstić information content (AvgIpc) is 2.99. The summed E-state index contributed by atoms with van der Waals surface area (Å²) < 4.78 is 25.8. The van der Waals surface area contributed by atoms with Crippen molar-refractivity contribution in [2.75, 3.05) is 13.2 Å². The fourth-order valence-corrected chi connectivity index (χ4v) is 2.18. The predicted octanol–water partition coefficient (Wildman–Crippen LogP) is -1.77. The topological polar surface area (TPSA) is 110 Å². The molecule has 6 nitrogen and oxygen atoms in total. The van der Waals surface area contributed by atoms with Gasteiger partial charge in [-0.25, -0.2) is 8.42 Å². The lowest BCUT2D eigenvalue weighted by atomic mass is 9.93. The SMILES string of the molecule is CC(CO)(CO)/C([O-])=N/S(=O)(=O)C1CC1. The van der Waals surface area contributed by atoms with Gasteiger partial charge in [-0.15, -0.1) is 0 Å². The van der Waals surface area contributed by atoms with E-state index in [1.54, 1.807) is 0 Å². The van der Waals surface area contributed by atoms with E-state index in [4.69, 9.17) is 10.2 Å². The largest absolute Gasteiger partial charge is 0.861 e. The molecule has 1 rings (SSSR count). The smallest absolute Gasteiger partial charge is 0.255 e. The van der Waals surface area contributed by atoms with Crippen LogP contribution >= 0.6 is 0 Å². The van der Waals surface area contributed by atoms with Crippen LogP contribution in [0.3, 0.4) is 0 Å². The van der Waals surface area contributed by atoms with Crippen molar-refractivity contribution in [1.82, 2.24) is 0 Å². The summed E-state index contributed by atoms with van der Waals surface area (Å²) in [5, 5.41) is 28.6. The van der Waals surface area contributed by atoms with E-state index >= 15 is 0 Å². The molecule has 0 bridgehead atoms. The highest BCUT2D eigenvalue weighted by Gasteiger charge is 2.36. The molecule has 0 aromatic heterocycles. The molecule has 1 saturated carbocycles. The maximum Gasteiger partial charge on any atom is 0.255 e. The zero-order valence-electron chi connectivity index (χ0n) is 8.38. The van der Waals surface area contributed by atoms with Crippen molar-refractivity contribution < 1.29 is 23.7 Å². The monoisotopic (exact) mass is 236 g/mol. The van der Waals surface area contributed by atoms with Gasteiger partial charge in [0.2, 0.25) is 0 Å². The second kappa shape index (κ2) is 4.07. The Morgan fingerprint density at radius 2 is 1.93 bits per heavy atom. The van der Waals surface area contributed by atoms with Crippen LogP contribution in [0.4, 0.5) is 0 Å². The molecule has 0 saturated heterocycles. The molecule has 0 aromatic rings. The van der Waals surface area contributed by atoms with E-state index in [-0.39, 0.29) is 0 Å². The van der Waals surface area contributed by atoms with Gasteiger partial charge in [-0.2, -0.15) is 4.40 Å². The fourth-order valence-electron chi connectivity index (χ4n) is 0.851. The predicted molar refractivity (Wildman–Crippen MR) is 51.7 cm³/mol. The van der Waals surface area contributed by atoms with Crippen LogP contribution in [0.25, 0.3) is 0 Å². The van der Waals surface area contributed by atoms with Crippen molar-refractivity contribution in [2.45, 2.75) is 25.0 Å². The van der Waals surface area contributed by atoms with E-state index in [0.29, 0.717) is 12.8 Å². The van der Waals surface area contributed by atoms with Crippen molar-refractivity contribution in [2.24, 2.45) is 9.81 Å². The zero-order valence-corrected chi connectivity index (χ0v) is 9.20. The number of aliphatic hydroxyl groups excluding tert-OH is 2. The summed E-state index contributed by atoms with van der Waals surface area (Å²) in [6, 6.07) is 0. The van der Waals surface area contributed by atoms with Crippen LogP contribution in [0.1, 0.15) is 19.8 Å². The van der Waals surface area contributed by atoms with Gasteiger partial charge in [-0.1, -0.05) is 6.92 Å². The number of hydrogen-bond acceptors (Lipinski definition) is 5. The molecular formula is C8H14NO5S-. The van der Waals surface area contributed by atoms with Crippen LogP contribution in [0.5, 0.6) is 0 Å². The molecule has 0 heterocycles. The average molecular weight is 236 g/mol. The molecule has 15 heavy (non-hydrogen) atoms. The summed E-state index contributed by atoms with van der Waals surface area (Å²) in [4.78, 5) is 0. The van der Waals surface area contributed by atoms with Gasteiger partial charge in [0.05, 0.1) is 18.5 Å². The molecule has 1 aliphatic rings. The van der Waals surface area contributed by atoms with Crippen LogP contribution in [-0.4, -0.2) is 43.0 Å². The Bertz CT molecular complexity index is 353. The molecular weight excluding hydrogens is 222 g/mol. The van der Waals surface area contributed by atoms with Gasteiger partial charge in [0.15, 0.2) is 0 Å². The summed E-state index contributed by atoms with van der Waals surface area (Å²) >= 11 is 0. The van der Waals surface area contributed by atoms with Gasteiger partial charge in [0.1, 0.15) is 0 Å². The maximum absolute atomic E-state index is 11.4. The van der Waals surface area contributed by atoms with Gasteiger partial charge >= 0.3 is 0 Å². The highest BCUT2D eigenvalue weighted by atomic mass is 32.2. The molecule has 2 N–H and O–H groups in total. The third-order valence-electron chi connectivity index (χ3n) is 2.37. The third-order valence-corrected chi connectivity index (χ3v) is 4.10. The van der Waals surface area contributed by atoms with E-state index in [2.05, 4.69) is 4.40 Å². The van der Waals surface area contributed by atoms with Crippen molar-refractivity contribution in [3.63, 3.8) is 0 Å². The molecule has 0 unspecified atom stereocenters. The molecule has 0 atom stereocenters. The molecule has 0 radical (unpaired) electrons. The summed E-state index contributed by atoms with van der Waals surface area (Å²) in [6.45, 7) is -0.000703. The van der Waals surface area contributed by atoms with Crippen molar-refractivity contribution >= 4 is 15.9 Å². The van der Waals surface area contributed by atoms with E-state index in [0.717, 1.165) is 0 Å². The number of rotatable bonds is 5. The number of sulfonamides is 1. The van der Waals surface area contributed by atoms with E-state index in [1.165, 1.54) is 6.92 Å².